The van der Waals surface area contributed by atoms with Gasteiger partial charge >= 0.3 is 5.97 Å². The summed E-state index contributed by atoms with van der Waals surface area (Å²) in [5.74, 6) is 2.93. The van der Waals surface area contributed by atoms with Gasteiger partial charge in [0.1, 0.15) is 6.10 Å². The molecule has 1 saturated carbocycles. The second-order valence-corrected chi connectivity index (χ2v) is 6.34. The number of fused-ring (bicyclic) bond motifs is 2. The summed E-state index contributed by atoms with van der Waals surface area (Å²) in [6.45, 7) is 11.2. The van der Waals surface area contributed by atoms with Crippen LogP contribution in [0.5, 0.6) is 0 Å². The molecule has 1 aliphatic heterocycles. The van der Waals surface area contributed by atoms with E-state index in [0.29, 0.717) is 29.6 Å². The maximum atomic E-state index is 11.9. The number of hydrogen-bond donors (Lipinski definition) is 0. The number of ether oxygens (including phenoxy) is 1. The Morgan fingerprint density at radius 3 is 2.19 bits per heavy atom. The summed E-state index contributed by atoms with van der Waals surface area (Å²) in [6.07, 6.45) is 1.35. The first-order valence-corrected chi connectivity index (χ1v) is 6.64. The van der Waals surface area contributed by atoms with Gasteiger partial charge in [-0.25, -0.2) is 0 Å². The molecular weight excluding hydrogens is 200 g/mol. The Morgan fingerprint density at radius 1 is 1.12 bits per heavy atom. The molecule has 2 fully saturated rings. The molecule has 5 unspecified atom stereocenters. The molecule has 0 aromatic heterocycles. The third-order valence-electron chi connectivity index (χ3n) is 4.75. The van der Waals surface area contributed by atoms with Crippen LogP contribution in [0.25, 0.3) is 0 Å². The Kier molecular flexibility index (Phi) is 3.02. The van der Waals surface area contributed by atoms with Crippen LogP contribution in [0.2, 0.25) is 0 Å². The van der Waals surface area contributed by atoms with Crippen molar-refractivity contribution in [3.05, 3.63) is 0 Å². The summed E-state index contributed by atoms with van der Waals surface area (Å²) < 4.78 is 5.61. The zero-order valence-corrected chi connectivity index (χ0v) is 11.1. The predicted molar refractivity (Wildman–Crippen MR) is 63.8 cm³/mol. The van der Waals surface area contributed by atoms with Crippen LogP contribution >= 0.6 is 0 Å². The monoisotopic (exact) mass is 224 g/mol. The van der Waals surface area contributed by atoms with E-state index in [1.54, 1.807) is 0 Å². The second-order valence-electron chi connectivity index (χ2n) is 6.34. The molecule has 2 aliphatic rings. The first-order valence-electron chi connectivity index (χ1n) is 6.64. The maximum Gasteiger partial charge on any atom is 0.309 e. The lowest BCUT2D eigenvalue weighted by Gasteiger charge is -2.40. The highest BCUT2D eigenvalue weighted by atomic mass is 16.6. The number of rotatable bonds is 2. The van der Waals surface area contributed by atoms with Gasteiger partial charge in [0.2, 0.25) is 0 Å². The molecule has 2 bridgehead atoms. The molecule has 0 aromatic rings. The van der Waals surface area contributed by atoms with Crippen molar-refractivity contribution in [2.45, 2.75) is 47.1 Å². The molecule has 92 valence electrons. The summed E-state index contributed by atoms with van der Waals surface area (Å²) >= 11 is 0. The van der Waals surface area contributed by atoms with E-state index in [-0.39, 0.29) is 18.0 Å². The summed E-state index contributed by atoms with van der Waals surface area (Å²) in [6, 6.07) is 0. The Morgan fingerprint density at radius 2 is 1.69 bits per heavy atom. The number of hydrogen-bond acceptors (Lipinski definition) is 2. The number of carbonyl (C=O) groups excluding carboxylic acids is 1. The van der Waals surface area contributed by atoms with Gasteiger partial charge in [-0.15, -0.1) is 0 Å². The van der Waals surface area contributed by atoms with E-state index in [1.807, 2.05) is 0 Å². The van der Waals surface area contributed by atoms with Gasteiger partial charge in [0.25, 0.3) is 0 Å². The van der Waals surface area contributed by atoms with Crippen LogP contribution in [0.3, 0.4) is 0 Å². The zero-order chi connectivity index (χ0) is 12.0. The minimum absolute atomic E-state index is 0.0688. The Hall–Kier alpha value is -0.530. The third kappa shape index (κ3) is 1.66. The lowest BCUT2D eigenvalue weighted by Crippen LogP contribution is -2.41. The molecule has 2 heteroatoms. The molecule has 16 heavy (non-hydrogen) atoms. The SMILES string of the molecule is CC(C)C1CC(C(C)C)C2C(=O)OC1C2C. The average molecular weight is 224 g/mol. The van der Waals surface area contributed by atoms with Gasteiger partial charge in [0.15, 0.2) is 0 Å². The van der Waals surface area contributed by atoms with Gasteiger partial charge < -0.3 is 4.74 Å². The van der Waals surface area contributed by atoms with E-state index in [4.69, 9.17) is 4.74 Å². The van der Waals surface area contributed by atoms with E-state index in [9.17, 15) is 4.79 Å². The van der Waals surface area contributed by atoms with Crippen molar-refractivity contribution in [3.8, 4) is 0 Å². The molecule has 1 heterocycles. The van der Waals surface area contributed by atoms with E-state index < -0.39 is 0 Å². The predicted octanol–water partition coefficient (Wildman–Crippen LogP) is 3.11. The highest BCUT2D eigenvalue weighted by Crippen LogP contribution is 2.50. The van der Waals surface area contributed by atoms with Gasteiger partial charge in [-0.05, 0) is 30.1 Å². The van der Waals surface area contributed by atoms with Crippen molar-refractivity contribution in [1.29, 1.82) is 0 Å². The summed E-state index contributed by atoms with van der Waals surface area (Å²) in [4.78, 5) is 11.9. The molecule has 0 radical (unpaired) electrons. The van der Waals surface area contributed by atoms with Crippen molar-refractivity contribution < 1.29 is 9.53 Å². The zero-order valence-electron chi connectivity index (χ0n) is 11.1. The summed E-state index contributed by atoms with van der Waals surface area (Å²) in [5, 5.41) is 0. The maximum absolute atomic E-state index is 11.9. The smallest absolute Gasteiger partial charge is 0.309 e. The van der Waals surface area contributed by atoms with Crippen LogP contribution in [0.1, 0.15) is 41.0 Å². The van der Waals surface area contributed by atoms with E-state index in [0.717, 1.165) is 0 Å². The molecule has 0 aromatic carbocycles. The molecule has 0 spiro atoms. The van der Waals surface area contributed by atoms with Crippen LogP contribution in [0, 0.1) is 35.5 Å². The Balaban J connectivity index is 2.28. The van der Waals surface area contributed by atoms with Crippen LogP contribution in [0.15, 0.2) is 0 Å². The van der Waals surface area contributed by atoms with Gasteiger partial charge in [0.05, 0.1) is 5.92 Å². The lowest BCUT2D eigenvalue weighted by atomic mass is 9.63. The van der Waals surface area contributed by atoms with Crippen molar-refractivity contribution in [3.63, 3.8) is 0 Å². The van der Waals surface area contributed by atoms with Crippen LogP contribution in [-0.4, -0.2) is 12.1 Å². The Bertz CT molecular complexity index is 282. The van der Waals surface area contributed by atoms with Gasteiger partial charge in [-0.2, -0.15) is 0 Å². The molecule has 2 nitrogen and oxygen atoms in total. The van der Waals surface area contributed by atoms with Crippen LogP contribution < -0.4 is 0 Å². The molecule has 0 amide bonds. The molecule has 1 aliphatic carbocycles. The largest absolute Gasteiger partial charge is 0.462 e. The fourth-order valence-corrected chi connectivity index (χ4v) is 3.71. The van der Waals surface area contributed by atoms with Crippen molar-refractivity contribution in [2.75, 3.05) is 0 Å². The molecular formula is C14H24O2. The van der Waals surface area contributed by atoms with Crippen molar-refractivity contribution in [1.82, 2.24) is 0 Å². The van der Waals surface area contributed by atoms with Crippen molar-refractivity contribution in [2.24, 2.45) is 35.5 Å². The van der Waals surface area contributed by atoms with E-state index in [1.165, 1.54) is 6.42 Å². The highest BCUT2D eigenvalue weighted by Gasteiger charge is 2.54. The first-order chi connectivity index (χ1) is 7.43. The minimum Gasteiger partial charge on any atom is -0.462 e. The minimum atomic E-state index is 0.0688. The van der Waals surface area contributed by atoms with Crippen LogP contribution in [0.4, 0.5) is 0 Å². The van der Waals surface area contributed by atoms with Crippen molar-refractivity contribution >= 4 is 5.97 Å². The summed E-state index contributed by atoms with van der Waals surface area (Å²) in [5.41, 5.74) is 0. The fraction of sp³-hybridized carbons (Fsp3) is 0.929. The lowest BCUT2D eigenvalue weighted by molar-refractivity contribution is -0.145. The third-order valence-corrected chi connectivity index (χ3v) is 4.75. The van der Waals surface area contributed by atoms with E-state index >= 15 is 0 Å². The molecule has 2 rings (SSSR count). The first kappa shape index (κ1) is 11.9. The van der Waals surface area contributed by atoms with E-state index in [2.05, 4.69) is 34.6 Å². The highest BCUT2D eigenvalue weighted by molar-refractivity contribution is 5.76. The number of esters is 1. The Labute approximate surface area is 98.7 Å². The molecule has 1 saturated heterocycles. The summed E-state index contributed by atoms with van der Waals surface area (Å²) in [7, 11) is 0. The fourth-order valence-electron chi connectivity index (χ4n) is 3.71. The van der Waals surface area contributed by atoms with Gasteiger partial charge in [0, 0.05) is 5.92 Å². The number of carbonyl (C=O) groups is 1. The average Bonchev–Trinajstić information content (AvgIpc) is 2.40. The quantitative estimate of drug-likeness (QED) is 0.674. The standard InChI is InChI=1S/C14H24O2/c1-7(2)10-6-11(8(3)4)13-9(5)12(10)14(15)16-13/h7-13H,6H2,1-5H3. The molecule has 0 N–H and O–H groups in total. The van der Waals surface area contributed by atoms with Crippen LogP contribution in [-0.2, 0) is 9.53 Å². The molecule has 5 atom stereocenters. The topological polar surface area (TPSA) is 26.3 Å². The van der Waals surface area contributed by atoms with Gasteiger partial charge in [-0.1, -0.05) is 34.6 Å². The normalized spacial score (nSPS) is 42.9. The second kappa shape index (κ2) is 4.05. The van der Waals surface area contributed by atoms with Gasteiger partial charge in [-0.3, -0.25) is 4.79 Å².